The Hall–Kier alpha value is -1.54. The Morgan fingerprint density at radius 3 is 2.69 bits per heavy atom. The van der Waals surface area contributed by atoms with Crippen LogP contribution in [0.5, 0.6) is 0 Å². The highest BCUT2D eigenvalue weighted by atomic mass is 15.0. The van der Waals surface area contributed by atoms with Crippen LogP contribution in [0.25, 0.3) is 5.69 Å². The molecule has 0 atom stereocenters. The fraction of sp³-hybridized carbons (Fsp3) is 0.286. The van der Waals surface area contributed by atoms with Crippen molar-refractivity contribution in [2.24, 2.45) is 5.73 Å². The molecule has 0 amide bonds. The first kappa shape index (κ1) is 11.0. The van der Waals surface area contributed by atoms with Gasteiger partial charge in [0.15, 0.2) is 0 Å². The Kier molecular flexibility index (Phi) is 3.42. The molecule has 0 radical (unpaired) electrons. The SMILES string of the molecule is CCc1ccccc1-n1cccc1CCN. The first-order valence-electron chi connectivity index (χ1n) is 5.81. The Balaban J connectivity index is 2.45. The van der Waals surface area contributed by atoms with Crippen LogP contribution in [0.4, 0.5) is 0 Å². The van der Waals surface area contributed by atoms with Crippen molar-refractivity contribution < 1.29 is 0 Å². The van der Waals surface area contributed by atoms with Crippen LogP contribution in [0.2, 0.25) is 0 Å². The highest BCUT2D eigenvalue weighted by Crippen LogP contribution is 2.18. The second-order valence-electron chi connectivity index (χ2n) is 3.89. The molecule has 2 heteroatoms. The van der Waals surface area contributed by atoms with Gasteiger partial charge in [-0.05, 0) is 36.7 Å². The Morgan fingerprint density at radius 2 is 1.94 bits per heavy atom. The van der Waals surface area contributed by atoms with Gasteiger partial charge in [-0.1, -0.05) is 25.1 Å². The van der Waals surface area contributed by atoms with Crippen LogP contribution in [0, 0.1) is 0 Å². The molecule has 0 saturated heterocycles. The molecular formula is C14H18N2. The highest BCUT2D eigenvalue weighted by molar-refractivity contribution is 5.43. The zero-order chi connectivity index (χ0) is 11.4. The van der Waals surface area contributed by atoms with E-state index in [1.165, 1.54) is 16.9 Å². The summed E-state index contributed by atoms with van der Waals surface area (Å²) in [6, 6.07) is 12.7. The van der Waals surface area contributed by atoms with Gasteiger partial charge < -0.3 is 10.3 Å². The van der Waals surface area contributed by atoms with Crippen molar-refractivity contribution >= 4 is 0 Å². The Morgan fingerprint density at radius 1 is 1.12 bits per heavy atom. The number of rotatable bonds is 4. The molecule has 2 nitrogen and oxygen atoms in total. The fourth-order valence-electron chi connectivity index (χ4n) is 2.05. The van der Waals surface area contributed by atoms with Gasteiger partial charge in [0.1, 0.15) is 0 Å². The molecule has 0 bridgehead atoms. The minimum absolute atomic E-state index is 0.693. The van der Waals surface area contributed by atoms with Crippen molar-refractivity contribution in [1.82, 2.24) is 4.57 Å². The van der Waals surface area contributed by atoms with Gasteiger partial charge in [0, 0.05) is 24.0 Å². The molecule has 2 N–H and O–H groups in total. The summed E-state index contributed by atoms with van der Waals surface area (Å²) in [5.74, 6) is 0. The summed E-state index contributed by atoms with van der Waals surface area (Å²) in [5.41, 5.74) is 9.55. The quantitative estimate of drug-likeness (QED) is 0.833. The second kappa shape index (κ2) is 4.99. The van der Waals surface area contributed by atoms with E-state index in [4.69, 9.17) is 5.73 Å². The molecule has 0 fully saturated rings. The van der Waals surface area contributed by atoms with Crippen LogP contribution >= 0.6 is 0 Å². The predicted octanol–water partition coefficient (Wildman–Crippen LogP) is 2.54. The van der Waals surface area contributed by atoms with Gasteiger partial charge in [0.2, 0.25) is 0 Å². The van der Waals surface area contributed by atoms with E-state index in [2.05, 4.69) is 54.1 Å². The molecule has 0 aliphatic rings. The smallest absolute Gasteiger partial charge is 0.0484 e. The molecular weight excluding hydrogens is 196 g/mol. The fourth-order valence-corrected chi connectivity index (χ4v) is 2.05. The number of hydrogen-bond acceptors (Lipinski definition) is 1. The molecule has 1 aromatic carbocycles. The molecule has 1 heterocycles. The summed E-state index contributed by atoms with van der Waals surface area (Å²) in [6.07, 6.45) is 4.08. The van der Waals surface area contributed by atoms with Gasteiger partial charge in [-0.15, -0.1) is 0 Å². The standard InChI is InChI=1S/C14H18N2/c1-2-12-6-3-4-8-14(12)16-11-5-7-13(16)9-10-15/h3-8,11H,2,9-10,15H2,1H3. The average molecular weight is 214 g/mol. The van der Waals surface area contributed by atoms with Gasteiger partial charge in [-0.3, -0.25) is 0 Å². The van der Waals surface area contributed by atoms with E-state index in [0.717, 1.165) is 12.8 Å². The van der Waals surface area contributed by atoms with Crippen LogP contribution in [0.1, 0.15) is 18.2 Å². The molecule has 0 saturated carbocycles. The minimum atomic E-state index is 0.693. The summed E-state index contributed by atoms with van der Waals surface area (Å²) in [5, 5.41) is 0. The van der Waals surface area contributed by atoms with Gasteiger partial charge in [0.25, 0.3) is 0 Å². The maximum absolute atomic E-state index is 5.62. The summed E-state index contributed by atoms with van der Waals surface area (Å²) < 4.78 is 2.24. The number of aromatic nitrogens is 1. The third-order valence-electron chi connectivity index (χ3n) is 2.87. The maximum Gasteiger partial charge on any atom is 0.0484 e. The lowest BCUT2D eigenvalue weighted by Crippen LogP contribution is -2.08. The van der Waals surface area contributed by atoms with Crippen LogP contribution in [0.15, 0.2) is 42.6 Å². The predicted molar refractivity (Wildman–Crippen MR) is 67.9 cm³/mol. The lowest BCUT2D eigenvalue weighted by atomic mass is 10.1. The largest absolute Gasteiger partial charge is 0.330 e. The third kappa shape index (κ3) is 2.02. The van der Waals surface area contributed by atoms with Crippen LogP contribution in [-0.4, -0.2) is 11.1 Å². The molecule has 84 valence electrons. The van der Waals surface area contributed by atoms with Crippen LogP contribution < -0.4 is 5.73 Å². The molecule has 16 heavy (non-hydrogen) atoms. The van der Waals surface area contributed by atoms with E-state index in [9.17, 15) is 0 Å². The van der Waals surface area contributed by atoms with E-state index in [1.54, 1.807) is 0 Å². The van der Waals surface area contributed by atoms with Crippen molar-refractivity contribution in [2.45, 2.75) is 19.8 Å². The van der Waals surface area contributed by atoms with Crippen molar-refractivity contribution in [3.63, 3.8) is 0 Å². The van der Waals surface area contributed by atoms with Crippen molar-refractivity contribution in [1.29, 1.82) is 0 Å². The molecule has 0 aliphatic heterocycles. The number of nitrogens with two attached hydrogens (primary N) is 1. The zero-order valence-electron chi connectivity index (χ0n) is 9.69. The summed E-state index contributed by atoms with van der Waals surface area (Å²) in [7, 11) is 0. The van der Waals surface area contributed by atoms with Crippen LogP contribution in [-0.2, 0) is 12.8 Å². The van der Waals surface area contributed by atoms with E-state index in [0.29, 0.717) is 6.54 Å². The number of nitrogens with zero attached hydrogens (tertiary/aromatic N) is 1. The molecule has 0 unspecified atom stereocenters. The molecule has 0 spiro atoms. The molecule has 2 rings (SSSR count). The first-order valence-corrected chi connectivity index (χ1v) is 5.81. The van der Waals surface area contributed by atoms with E-state index < -0.39 is 0 Å². The second-order valence-corrected chi connectivity index (χ2v) is 3.89. The lowest BCUT2D eigenvalue weighted by molar-refractivity contribution is 0.865. The minimum Gasteiger partial charge on any atom is -0.330 e. The van der Waals surface area contributed by atoms with Gasteiger partial charge in [-0.2, -0.15) is 0 Å². The Labute approximate surface area is 96.7 Å². The third-order valence-corrected chi connectivity index (χ3v) is 2.87. The number of benzene rings is 1. The molecule has 1 aromatic heterocycles. The summed E-state index contributed by atoms with van der Waals surface area (Å²) in [6.45, 7) is 2.88. The lowest BCUT2D eigenvalue weighted by Gasteiger charge is -2.12. The van der Waals surface area contributed by atoms with Gasteiger partial charge in [0.05, 0.1) is 0 Å². The van der Waals surface area contributed by atoms with Gasteiger partial charge >= 0.3 is 0 Å². The maximum atomic E-state index is 5.62. The van der Waals surface area contributed by atoms with Crippen molar-refractivity contribution in [3.8, 4) is 5.69 Å². The highest BCUT2D eigenvalue weighted by Gasteiger charge is 2.05. The number of aryl methyl sites for hydroxylation is 1. The Bertz CT molecular complexity index is 457. The van der Waals surface area contributed by atoms with Crippen molar-refractivity contribution in [3.05, 3.63) is 53.9 Å². The summed E-state index contributed by atoms with van der Waals surface area (Å²) in [4.78, 5) is 0. The van der Waals surface area contributed by atoms with E-state index >= 15 is 0 Å². The molecule has 0 aliphatic carbocycles. The molecule has 2 aromatic rings. The number of hydrogen-bond donors (Lipinski definition) is 1. The summed E-state index contributed by atoms with van der Waals surface area (Å²) >= 11 is 0. The van der Waals surface area contributed by atoms with Gasteiger partial charge in [-0.25, -0.2) is 0 Å². The van der Waals surface area contributed by atoms with E-state index in [-0.39, 0.29) is 0 Å². The van der Waals surface area contributed by atoms with Crippen LogP contribution in [0.3, 0.4) is 0 Å². The monoisotopic (exact) mass is 214 g/mol. The normalized spacial score (nSPS) is 10.6. The van der Waals surface area contributed by atoms with E-state index in [1.807, 2.05) is 0 Å². The van der Waals surface area contributed by atoms with Crippen molar-refractivity contribution in [2.75, 3.05) is 6.54 Å². The topological polar surface area (TPSA) is 30.9 Å². The zero-order valence-corrected chi connectivity index (χ0v) is 9.69. The average Bonchev–Trinajstić information content (AvgIpc) is 2.77. The first-order chi connectivity index (χ1) is 7.86. The number of para-hydroxylation sites is 1.